The molecule has 0 aliphatic heterocycles. The van der Waals surface area contributed by atoms with Crippen LogP contribution in [0.3, 0.4) is 0 Å². The van der Waals surface area contributed by atoms with Crippen molar-refractivity contribution < 1.29 is 9.84 Å². The third-order valence-corrected chi connectivity index (χ3v) is 5.40. The fraction of sp³-hybridized carbons (Fsp3) is 0.0952. The fourth-order valence-corrected chi connectivity index (χ4v) is 3.84. The second kappa shape index (κ2) is 7.66. The van der Waals surface area contributed by atoms with Crippen molar-refractivity contribution in [1.82, 2.24) is 9.97 Å². The van der Waals surface area contributed by atoms with Crippen LogP contribution < -0.4 is 10.2 Å². The summed E-state index contributed by atoms with van der Waals surface area (Å²) in [5.41, 5.74) is 5.40. The van der Waals surface area contributed by atoms with Crippen molar-refractivity contribution in [3.63, 3.8) is 0 Å². The van der Waals surface area contributed by atoms with E-state index in [4.69, 9.17) is 4.74 Å². The van der Waals surface area contributed by atoms with E-state index in [0.29, 0.717) is 22.8 Å². The van der Waals surface area contributed by atoms with E-state index in [1.807, 2.05) is 25.1 Å². The highest BCUT2D eigenvalue weighted by Gasteiger charge is 2.11. The van der Waals surface area contributed by atoms with Crippen LogP contribution in [0, 0.1) is 0 Å². The van der Waals surface area contributed by atoms with E-state index in [1.165, 1.54) is 6.33 Å². The van der Waals surface area contributed by atoms with Gasteiger partial charge in [0, 0.05) is 16.5 Å². The number of methoxy groups -OCH3 is 1. The van der Waals surface area contributed by atoms with Crippen molar-refractivity contribution in [2.75, 3.05) is 12.5 Å². The molecular formula is C21H18N4O2S. The standard InChI is InChI=1S/C21H18N4O2S/c1-13(16-9-8-15(27-2)10-18(16)26)24-25-20-17-11-19(14-6-4-3-5-7-14)28-21(17)23-12-22-20/h3-12,26H,1-2H3,(H,22,23,25)/b24-13+. The molecule has 0 saturated carbocycles. The summed E-state index contributed by atoms with van der Waals surface area (Å²) in [5, 5.41) is 15.5. The normalized spacial score (nSPS) is 11.6. The Morgan fingerprint density at radius 1 is 1.11 bits per heavy atom. The Balaban J connectivity index is 1.64. The molecule has 0 spiro atoms. The third-order valence-electron chi connectivity index (χ3n) is 4.31. The molecule has 0 fully saturated rings. The van der Waals surface area contributed by atoms with Crippen molar-refractivity contribution in [2.45, 2.75) is 6.92 Å². The number of hydrazone groups is 1. The predicted octanol–water partition coefficient (Wildman–Crippen LogP) is 4.91. The number of thiophene rings is 1. The average Bonchev–Trinajstić information content (AvgIpc) is 3.17. The number of fused-ring (bicyclic) bond motifs is 1. The van der Waals surface area contributed by atoms with Gasteiger partial charge in [0.2, 0.25) is 0 Å². The lowest BCUT2D eigenvalue weighted by Gasteiger charge is -2.07. The summed E-state index contributed by atoms with van der Waals surface area (Å²) in [5.74, 6) is 1.32. The monoisotopic (exact) mass is 390 g/mol. The summed E-state index contributed by atoms with van der Waals surface area (Å²) in [7, 11) is 1.56. The van der Waals surface area contributed by atoms with Crippen molar-refractivity contribution in [3.8, 4) is 21.9 Å². The topological polar surface area (TPSA) is 79.6 Å². The molecule has 0 bridgehead atoms. The molecule has 0 unspecified atom stereocenters. The first-order chi connectivity index (χ1) is 13.7. The Morgan fingerprint density at radius 3 is 2.68 bits per heavy atom. The van der Waals surface area contributed by atoms with E-state index in [2.05, 4.69) is 38.7 Å². The van der Waals surface area contributed by atoms with Crippen LogP contribution in [0.5, 0.6) is 11.5 Å². The number of benzene rings is 2. The van der Waals surface area contributed by atoms with Crippen molar-refractivity contribution >= 4 is 33.1 Å². The molecule has 0 aliphatic carbocycles. The minimum absolute atomic E-state index is 0.108. The minimum atomic E-state index is 0.108. The minimum Gasteiger partial charge on any atom is -0.507 e. The van der Waals surface area contributed by atoms with Gasteiger partial charge >= 0.3 is 0 Å². The van der Waals surface area contributed by atoms with Crippen LogP contribution in [-0.2, 0) is 0 Å². The predicted molar refractivity (Wildman–Crippen MR) is 113 cm³/mol. The summed E-state index contributed by atoms with van der Waals surface area (Å²) >= 11 is 1.61. The number of hydrogen-bond donors (Lipinski definition) is 2. The zero-order chi connectivity index (χ0) is 19.5. The number of ether oxygens (including phenoxy) is 1. The SMILES string of the molecule is COc1ccc(/C(C)=N/Nc2ncnc3sc(-c4ccccc4)cc23)c(O)c1. The number of nitrogens with zero attached hydrogens (tertiary/aromatic N) is 3. The molecular weight excluding hydrogens is 372 g/mol. The lowest BCUT2D eigenvalue weighted by atomic mass is 10.1. The highest BCUT2D eigenvalue weighted by molar-refractivity contribution is 7.21. The van der Waals surface area contributed by atoms with Gasteiger partial charge in [-0.15, -0.1) is 11.3 Å². The van der Waals surface area contributed by atoms with Crippen molar-refractivity contribution in [2.24, 2.45) is 5.10 Å². The summed E-state index contributed by atoms with van der Waals surface area (Å²) in [6.45, 7) is 1.82. The van der Waals surface area contributed by atoms with Gasteiger partial charge in [-0.2, -0.15) is 5.10 Å². The Labute approximate surface area is 166 Å². The average molecular weight is 390 g/mol. The first-order valence-corrected chi connectivity index (χ1v) is 9.45. The van der Waals surface area contributed by atoms with Gasteiger partial charge in [0.15, 0.2) is 5.82 Å². The molecule has 4 rings (SSSR count). The largest absolute Gasteiger partial charge is 0.507 e. The zero-order valence-electron chi connectivity index (χ0n) is 15.4. The molecule has 28 heavy (non-hydrogen) atoms. The van der Waals surface area contributed by atoms with E-state index in [1.54, 1.807) is 36.6 Å². The lowest BCUT2D eigenvalue weighted by molar-refractivity contribution is 0.407. The molecule has 4 aromatic rings. The van der Waals surface area contributed by atoms with Gasteiger partial charge in [-0.05, 0) is 30.7 Å². The molecule has 0 saturated heterocycles. The molecule has 2 aromatic carbocycles. The lowest BCUT2D eigenvalue weighted by Crippen LogP contribution is -2.02. The quantitative estimate of drug-likeness (QED) is 0.374. The van der Waals surface area contributed by atoms with Crippen molar-refractivity contribution in [3.05, 3.63) is 66.5 Å². The Bertz CT molecular complexity index is 1160. The third kappa shape index (κ3) is 3.52. The van der Waals surface area contributed by atoms with Crippen molar-refractivity contribution in [1.29, 1.82) is 0 Å². The zero-order valence-corrected chi connectivity index (χ0v) is 16.2. The maximum Gasteiger partial charge on any atom is 0.158 e. The van der Waals surface area contributed by atoms with Gasteiger partial charge in [0.1, 0.15) is 22.7 Å². The highest BCUT2D eigenvalue weighted by Crippen LogP contribution is 2.34. The Morgan fingerprint density at radius 2 is 1.93 bits per heavy atom. The molecule has 6 nitrogen and oxygen atoms in total. The summed E-state index contributed by atoms with van der Waals surface area (Å²) in [6.07, 6.45) is 1.52. The second-order valence-electron chi connectivity index (χ2n) is 6.11. The first-order valence-electron chi connectivity index (χ1n) is 8.63. The van der Waals surface area contributed by atoms with E-state index < -0.39 is 0 Å². The molecule has 0 atom stereocenters. The summed E-state index contributed by atoms with van der Waals surface area (Å²) < 4.78 is 5.11. The van der Waals surface area contributed by atoms with Crippen LogP contribution in [0.25, 0.3) is 20.7 Å². The maximum atomic E-state index is 10.2. The van der Waals surface area contributed by atoms with Gasteiger partial charge in [-0.3, -0.25) is 5.43 Å². The second-order valence-corrected chi connectivity index (χ2v) is 7.14. The molecule has 140 valence electrons. The molecule has 0 amide bonds. The first kappa shape index (κ1) is 17.9. The summed E-state index contributed by atoms with van der Waals surface area (Å²) in [6, 6.07) is 17.3. The smallest absolute Gasteiger partial charge is 0.158 e. The Kier molecular flexibility index (Phi) is 4.90. The van der Waals surface area contributed by atoms with Crippen LogP contribution >= 0.6 is 11.3 Å². The van der Waals surface area contributed by atoms with E-state index >= 15 is 0 Å². The molecule has 2 heterocycles. The molecule has 0 radical (unpaired) electrons. The van der Waals surface area contributed by atoms with Gasteiger partial charge in [-0.25, -0.2) is 9.97 Å². The molecule has 2 N–H and O–H groups in total. The number of aromatic nitrogens is 2. The fourth-order valence-electron chi connectivity index (χ4n) is 2.83. The van der Waals surface area contributed by atoms with Gasteiger partial charge in [0.25, 0.3) is 0 Å². The van der Waals surface area contributed by atoms with Crippen LogP contribution in [0.1, 0.15) is 12.5 Å². The van der Waals surface area contributed by atoms with Gasteiger partial charge in [0.05, 0.1) is 18.2 Å². The van der Waals surface area contributed by atoms with E-state index in [-0.39, 0.29) is 5.75 Å². The van der Waals surface area contributed by atoms with Gasteiger partial charge in [-0.1, -0.05) is 30.3 Å². The number of anilines is 1. The van der Waals surface area contributed by atoms with Crippen LogP contribution in [0.2, 0.25) is 0 Å². The number of nitrogens with one attached hydrogen (secondary N) is 1. The maximum absolute atomic E-state index is 10.2. The van der Waals surface area contributed by atoms with Gasteiger partial charge < -0.3 is 9.84 Å². The molecule has 0 aliphatic rings. The Hall–Kier alpha value is -3.45. The number of phenols is 1. The number of hydrogen-bond acceptors (Lipinski definition) is 7. The van der Waals surface area contributed by atoms with Crippen LogP contribution in [-0.4, -0.2) is 27.9 Å². The van der Waals surface area contributed by atoms with Crippen LogP contribution in [0.4, 0.5) is 5.82 Å². The molecule has 2 aromatic heterocycles. The van der Waals surface area contributed by atoms with E-state index in [9.17, 15) is 5.11 Å². The summed E-state index contributed by atoms with van der Waals surface area (Å²) in [4.78, 5) is 10.7. The number of phenolic OH excluding ortho intramolecular Hbond substituents is 1. The highest BCUT2D eigenvalue weighted by atomic mass is 32.1. The number of aromatic hydroxyl groups is 1. The number of rotatable bonds is 5. The van der Waals surface area contributed by atoms with Crippen LogP contribution in [0.15, 0.2) is 66.0 Å². The van der Waals surface area contributed by atoms with E-state index in [0.717, 1.165) is 20.7 Å². The molecule has 7 heteroatoms.